The number of likely N-dealkylation sites (N-methyl/N-ethyl adjacent to an activating group) is 3. The number of aliphatic hydroxyl groups excluding tert-OH is 1. The van der Waals surface area contributed by atoms with Crippen molar-refractivity contribution in [3.8, 4) is 0 Å². The van der Waals surface area contributed by atoms with Gasteiger partial charge in [0.2, 0.25) is 5.91 Å². The van der Waals surface area contributed by atoms with Gasteiger partial charge >= 0.3 is 0 Å². The number of amides is 2. The van der Waals surface area contributed by atoms with Gasteiger partial charge in [-0.25, -0.2) is 0 Å². The van der Waals surface area contributed by atoms with E-state index in [1.807, 2.05) is 70.1 Å². The maximum atomic E-state index is 12.4. The predicted octanol–water partition coefficient (Wildman–Crippen LogP) is 1.14. The second-order valence-corrected chi connectivity index (χ2v) is 11.0. The van der Waals surface area contributed by atoms with Crippen molar-refractivity contribution in [1.82, 2.24) is 10.6 Å². The van der Waals surface area contributed by atoms with Crippen molar-refractivity contribution >= 4 is 11.8 Å². The molecule has 0 saturated heterocycles. The standard InChI is InChI=1S/C20H44N5O3.3CH3/c1-11-20(2,3)19(28)22-16-25(9,10)14-18(27)21-15-24(7,8)13-17(26)12-23(4,5)6;;;/h17,26H,11-16H2,1-10H3;3*1H3/q+1;3*-1/p+2. The summed E-state index contributed by atoms with van der Waals surface area (Å²) in [4.78, 5) is 24.6. The molecule has 0 fully saturated rings. The topological polar surface area (TPSA) is 78.4 Å². The first kappa shape index (κ1) is 37.1. The van der Waals surface area contributed by atoms with Crippen LogP contribution in [0.1, 0.15) is 27.2 Å². The van der Waals surface area contributed by atoms with Crippen LogP contribution in [-0.2, 0) is 9.59 Å². The molecular weight excluding hydrogens is 394 g/mol. The lowest BCUT2D eigenvalue weighted by Crippen LogP contribution is -2.58. The summed E-state index contributed by atoms with van der Waals surface area (Å²) in [5.41, 5.74) is -0.406. The Morgan fingerprint density at radius 2 is 1.29 bits per heavy atom. The zero-order chi connectivity index (χ0) is 22.4. The fraction of sp³-hybridized carbons (Fsp3) is 0.783. The highest BCUT2D eigenvalue weighted by Gasteiger charge is 2.29. The number of nitrogens with zero attached hydrogens (tertiary/aromatic N) is 3. The first-order chi connectivity index (χ1) is 12.4. The van der Waals surface area contributed by atoms with Crippen LogP contribution in [0.5, 0.6) is 0 Å². The van der Waals surface area contributed by atoms with Gasteiger partial charge in [0.15, 0.2) is 26.0 Å². The van der Waals surface area contributed by atoms with E-state index in [9.17, 15) is 14.7 Å². The molecule has 2 amide bonds. The van der Waals surface area contributed by atoms with E-state index in [4.69, 9.17) is 0 Å². The summed E-state index contributed by atoms with van der Waals surface area (Å²) >= 11 is 0. The van der Waals surface area contributed by atoms with Gasteiger partial charge in [0.25, 0.3) is 5.91 Å². The number of carbonyl (C=O) groups excluding carboxylic acids is 2. The van der Waals surface area contributed by atoms with E-state index in [1.54, 1.807) is 0 Å². The molecule has 3 N–H and O–H groups in total. The zero-order valence-electron chi connectivity index (χ0n) is 22.9. The molecule has 0 aliphatic rings. The number of rotatable bonds is 12. The summed E-state index contributed by atoms with van der Waals surface area (Å²) in [5, 5.41) is 16.2. The quantitative estimate of drug-likeness (QED) is 0.238. The van der Waals surface area contributed by atoms with Crippen LogP contribution in [0.2, 0.25) is 0 Å². The maximum absolute atomic E-state index is 12.4. The molecule has 0 radical (unpaired) electrons. The number of quaternary nitrogens is 3. The molecule has 0 rings (SSSR count). The minimum Gasteiger partial charge on any atom is -0.382 e. The molecule has 8 heteroatoms. The van der Waals surface area contributed by atoms with Crippen molar-refractivity contribution in [3.63, 3.8) is 0 Å². The number of hydrogen-bond donors (Lipinski definition) is 3. The highest BCUT2D eigenvalue weighted by Crippen LogP contribution is 2.19. The monoisotopic (exact) mass is 449 g/mol. The fourth-order valence-electron chi connectivity index (χ4n) is 2.81. The largest absolute Gasteiger partial charge is 0.382 e. The zero-order valence-corrected chi connectivity index (χ0v) is 22.9. The van der Waals surface area contributed by atoms with Crippen molar-refractivity contribution in [1.29, 1.82) is 0 Å². The third-order valence-electron chi connectivity index (χ3n) is 4.91. The Labute approximate surface area is 194 Å². The lowest BCUT2D eigenvalue weighted by atomic mass is 9.89. The van der Waals surface area contributed by atoms with Crippen LogP contribution in [0, 0.1) is 27.7 Å². The van der Waals surface area contributed by atoms with E-state index in [0.29, 0.717) is 39.9 Å². The smallest absolute Gasteiger partial charge is 0.279 e. The second kappa shape index (κ2) is 14.0. The molecule has 0 aromatic carbocycles. The third kappa shape index (κ3) is 17.1. The fourth-order valence-corrected chi connectivity index (χ4v) is 2.81. The molecule has 0 aliphatic heterocycles. The minimum absolute atomic E-state index is 0. The number of carbonyl (C=O) groups is 2. The summed E-state index contributed by atoms with van der Waals surface area (Å²) in [6.45, 7) is 8.17. The van der Waals surface area contributed by atoms with Gasteiger partial charge in [-0.15, -0.1) is 0 Å². The van der Waals surface area contributed by atoms with Gasteiger partial charge in [0.05, 0.1) is 49.3 Å². The van der Waals surface area contributed by atoms with Crippen molar-refractivity contribution < 1.29 is 28.1 Å². The van der Waals surface area contributed by atoms with Crippen LogP contribution in [0.4, 0.5) is 0 Å². The Morgan fingerprint density at radius 3 is 1.71 bits per heavy atom. The van der Waals surface area contributed by atoms with Crippen LogP contribution in [0.15, 0.2) is 0 Å². The summed E-state index contributed by atoms with van der Waals surface area (Å²) in [7, 11) is 14.0. The molecule has 0 saturated carbocycles. The van der Waals surface area contributed by atoms with Crippen molar-refractivity contribution in [3.05, 3.63) is 22.3 Å². The molecule has 0 aromatic heterocycles. The summed E-state index contributed by atoms with van der Waals surface area (Å²) < 4.78 is 1.57. The lowest BCUT2D eigenvalue weighted by Gasteiger charge is -2.35. The summed E-state index contributed by atoms with van der Waals surface area (Å²) in [5.74, 6) is -0.0630. The molecule has 1 unspecified atom stereocenters. The molecule has 0 aliphatic carbocycles. The average Bonchev–Trinajstić information content (AvgIpc) is 2.47. The molecule has 0 aromatic rings. The van der Waals surface area contributed by atoms with E-state index in [1.165, 1.54) is 0 Å². The molecule has 0 spiro atoms. The summed E-state index contributed by atoms with van der Waals surface area (Å²) in [6.07, 6.45) is 0.330. The van der Waals surface area contributed by atoms with Crippen molar-refractivity contribution in [2.24, 2.45) is 5.41 Å². The first-order valence-corrected chi connectivity index (χ1v) is 10.1. The minimum atomic E-state index is -0.434. The molecular formula is C23H55N5O3. The second-order valence-electron chi connectivity index (χ2n) is 11.0. The Balaban J connectivity index is -0.00000121. The Bertz CT molecular complexity index is 526. The van der Waals surface area contributed by atoms with Crippen LogP contribution in [0.25, 0.3) is 0 Å². The SMILES string of the molecule is CCC(C)(C)C(=O)NC[N+](C)(C)CC(=O)NC[N+](C)(C)CC(O)C[N+](C)(C)C.[CH3-].[CH3-].[CH3-]. The van der Waals surface area contributed by atoms with E-state index in [-0.39, 0.29) is 40.6 Å². The van der Waals surface area contributed by atoms with Gasteiger partial charge < -0.3 is 51.5 Å². The summed E-state index contributed by atoms with van der Waals surface area (Å²) in [6, 6.07) is 0. The Morgan fingerprint density at radius 1 is 0.839 bits per heavy atom. The van der Waals surface area contributed by atoms with Gasteiger partial charge in [-0.1, -0.05) is 20.8 Å². The van der Waals surface area contributed by atoms with E-state index in [2.05, 4.69) is 10.6 Å². The highest BCUT2D eigenvalue weighted by molar-refractivity contribution is 5.81. The van der Waals surface area contributed by atoms with Crippen LogP contribution in [-0.4, -0.2) is 119 Å². The molecule has 0 bridgehead atoms. The van der Waals surface area contributed by atoms with Crippen LogP contribution >= 0.6 is 0 Å². The van der Waals surface area contributed by atoms with Gasteiger partial charge in [-0.2, -0.15) is 0 Å². The average molecular weight is 450 g/mol. The third-order valence-corrected chi connectivity index (χ3v) is 4.91. The van der Waals surface area contributed by atoms with Crippen molar-refractivity contribution in [2.45, 2.75) is 33.3 Å². The molecule has 1 atom stereocenters. The van der Waals surface area contributed by atoms with Crippen molar-refractivity contribution in [2.75, 3.05) is 82.3 Å². The Hall–Kier alpha value is -1.22. The van der Waals surface area contributed by atoms with E-state index in [0.717, 1.165) is 6.42 Å². The molecule has 0 heterocycles. The molecule has 31 heavy (non-hydrogen) atoms. The predicted molar refractivity (Wildman–Crippen MR) is 132 cm³/mol. The van der Waals surface area contributed by atoms with Gasteiger partial charge in [-0.3, -0.25) is 9.59 Å². The number of aliphatic hydroxyl groups is 1. The molecule has 190 valence electrons. The Kier molecular flexibility index (Phi) is 16.8. The normalized spacial score (nSPS) is 13.1. The number of nitrogens with one attached hydrogen (secondary N) is 2. The van der Waals surface area contributed by atoms with Crippen LogP contribution in [0.3, 0.4) is 0 Å². The first-order valence-electron chi connectivity index (χ1n) is 10.1. The maximum Gasteiger partial charge on any atom is 0.279 e. The van der Waals surface area contributed by atoms with E-state index >= 15 is 0 Å². The lowest BCUT2D eigenvalue weighted by molar-refractivity contribution is -0.908. The van der Waals surface area contributed by atoms with Gasteiger partial charge in [0.1, 0.15) is 13.1 Å². The van der Waals surface area contributed by atoms with Gasteiger partial charge in [-0.05, 0) is 6.42 Å². The van der Waals surface area contributed by atoms with Gasteiger partial charge in [0, 0.05) is 5.41 Å². The van der Waals surface area contributed by atoms with E-state index < -0.39 is 11.5 Å². The highest BCUT2D eigenvalue weighted by atomic mass is 16.3. The molecule has 8 nitrogen and oxygen atoms in total. The number of hydrogen-bond acceptors (Lipinski definition) is 3. The van der Waals surface area contributed by atoms with Crippen LogP contribution < -0.4 is 10.6 Å².